The maximum absolute atomic E-state index is 14.2. The summed E-state index contributed by atoms with van der Waals surface area (Å²) in [6, 6.07) is 5.62. The Bertz CT molecular complexity index is 437. The van der Waals surface area contributed by atoms with E-state index in [0.717, 1.165) is 12.2 Å². The number of nitrogens with two attached hydrogens (primary N) is 1. The minimum atomic E-state index is -0.276. The van der Waals surface area contributed by atoms with E-state index < -0.39 is 0 Å². The summed E-state index contributed by atoms with van der Waals surface area (Å²) in [6.45, 7) is 7.26. The van der Waals surface area contributed by atoms with Gasteiger partial charge in [-0.2, -0.15) is 0 Å². The van der Waals surface area contributed by atoms with Crippen LogP contribution in [0.1, 0.15) is 58.1 Å². The summed E-state index contributed by atoms with van der Waals surface area (Å²) < 4.78 is 14.2. The number of anilines is 1. The molecule has 1 saturated carbocycles. The van der Waals surface area contributed by atoms with Crippen molar-refractivity contribution in [3.63, 3.8) is 0 Å². The third-order valence-corrected chi connectivity index (χ3v) is 4.12. The number of rotatable bonds is 5. The zero-order valence-corrected chi connectivity index (χ0v) is 12.9. The lowest BCUT2D eigenvalue weighted by atomic mass is 10.0. The number of nitrogens with zero attached hydrogens (tertiary/aromatic N) is 1. The maximum Gasteiger partial charge on any atom is 0.130 e. The molecule has 0 saturated heterocycles. The van der Waals surface area contributed by atoms with Gasteiger partial charge in [0.25, 0.3) is 0 Å². The minimum Gasteiger partial charge on any atom is -0.368 e. The topological polar surface area (TPSA) is 29.3 Å². The van der Waals surface area contributed by atoms with E-state index in [1.165, 1.54) is 31.7 Å². The highest BCUT2D eigenvalue weighted by molar-refractivity contribution is 5.56. The second-order valence-corrected chi connectivity index (χ2v) is 6.45. The number of hydrogen-bond acceptors (Lipinski definition) is 2. The summed E-state index contributed by atoms with van der Waals surface area (Å²) >= 11 is 0. The van der Waals surface area contributed by atoms with E-state index in [0.29, 0.717) is 17.5 Å². The molecule has 2 N–H and O–H groups in total. The Hall–Kier alpha value is -1.09. The molecule has 112 valence electrons. The first-order valence-electron chi connectivity index (χ1n) is 7.81. The van der Waals surface area contributed by atoms with E-state index in [-0.39, 0.29) is 11.9 Å². The van der Waals surface area contributed by atoms with Crippen molar-refractivity contribution < 1.29 is 4.39 Å². The molecule has 20 heavy (non-hydrogen) atoms. The third-order valence-electron chi connectivity index (χ3n) is 4.12. The van der Waals surface area contributed by atoms with Gasteiger partial charge in [0.2, 0.25) is 0 Å². The molecule has 0 heterocycles. The standard InChI is InChI=1S/C17H27FN2/c1-12(2)11-20(14-7-4-5-8-14)16-10-6-9-15(18)17(16)13(3)19/h6,9-10,12-14H,4-5,7-8,11,19H2,1-3H3. The SMILES string of the molecule is CC(C)CN(c1cccc(F)c1C(C)N)C1CCCC1. The van der Waals surface area contributed by atoms with E-state index in [1.807, 2.05) is 13.0 Å². The third kappa shape index (κ3) is 3.32. The lowest BCUT2D eigenvalue weighted by Crippen LogP contribution is -2.37. The van der Waals surface area contributed by atoms with E-state index in [4.69, 9.17) is 5.73 Å². The van der Waals surface area contributed by atoms with Crippen molar-refractivity contribution in [3.05, 3.63) is 29.6 Å². The van der Waals surface area contributed by atoms with Crippen molar-refractivity contribution in [1.82, 2.24) is 0 Å². The molecule has 1 aliphatic carbocycles. The summed E-state index contributed by atoms with van der Waals surface area (Å²) in [5.74, 6) is 0.379. The van der Waals surface area contributed by atoms with Gasteiger partial charge >= 0.3 is 0 Å². The summed E-state index contributed by atoms with van der Waals surface area (Å²) in [6.07, 6.45) is 4.98. The predicted octanol–water partition coefficient (Wildman–Crippen LogP) is 4.25. The van der Waals surface area contributed by atoms with E-state index >= 15 is 0 Å². The van der Waals surface area contributed by atoms with Crippen LogP contribution in [-0.4, -0.2) is 12.6 Å². The summed E-state index contributed by atoms with van der Waals surface area (Å²) in [5, 5.41) is 0. The van der Waals surface area contributed by atoms with Gasteiger partial charge in [-0.05, 0) is 37.8 Å². The molecular weight excluding hydrogens is 251 g/mol. The van der Waals surface area contributed by atoms with Crippen molar-refractivity contribution in [1.29, 1.82) is 0 Å². The average molecular weight is 278 g/mol. The lowest BCUT2D eigenvalue weighted by Gasteiger charge is -2.35. The highest BCUT2D eigenvalue weighted by atomic mass is 19.1. The van der Waals surface area contributed by atoms with Crippen molar-refractivity contribution in [2.45, 2.75) is 58.5 Å². The smallest absolute Gasteiger partial charge is 0.130 e. The Labute approximate surface area is 122 Å². The summed E-state index contributed by atoms with van der Waals surface area (Å²) in [4.78, 5) is 2.40. The quantitative estimate of drug-likeness (QED) is 0.872. The van der Waals surface area contributed by atoms with Crippen LogP contribution in [0.25, 0.3) is 0 Å². The number of benzene rings is 1. The van der Waals surface area contributed by atoms with Crippen molar-refractivity contribution in [2.75, 3.05) is 11.4 Å². The van der Waals surface area contributed by atoms with Crippen LogP contribution in [0, 0.1) is 11.7 Å². The molecule has 3 heteroatoms. The molecule has 0 radical (unpaired) electrons. The summed E-state index contributed by atoms with van der Waals surface area (Å²) in [7, 11) is 0. The number of halogens is 1. The van der Waals surface area contributed by atoms with Gasteiger partial charge in [-0.15, -0.1) is 0 Å². The molecule has 1 atom stereocenters. The van der Waals surface area contributed by atoms with Crippen LogP contribution in [0.4, 0.5) is 10.1 Å². The van der Waals surface area contributed by atoms with Crippen LogP contribution >= 0.6 is 0 Å². The molecule has 0 aromatic heterocycles. The normalized spacial score (nSPS) is 17.7. The molecule has 1 aromatic rings. The molecule has 1 aromatic carbocycles. The number of hydrogen-bond donors (Lipinski definition) is 1. The molecule has 0 amide bonds. The van der Waals surface area contributed by atoms with Crippen LogP contribution in [0.2, 0.25) is 0 Å². The van der Waals surface area contributed by atoms with Crippen LogP contribution in [-0.2, 0) is 0 Å². The molecular formula is C17H27FN2. The van der Waals surface area contributed by atoms with Gasteiger partial charge in [0, 0.05) is 29.9 Å². The first-order valence-corrected chi connectivity index (χ1v) is 7.81. The van der Waals surface area contributed by atoms with Crippen molar-refractivity contribution >= 4 is 5.69 Å². The highest BCUT2D eigenvalue weighted by Gasteiger charge is 2.26. The molecule has 2 nitrogen and oxygen atoms in total. The predicted molar refractivity (Wildman–Crippen MR) is 83.4 cm³/mol. The fourth-order valence-electron chi connectivity index (χ4n) is 3.28. The van der Waals surface area contributed by atoms with Gasteiger partial charge in [0.05, 0.1) is 0 Å². The van der Waals surface area contributed by atoms with Crippen LogP contribution < -0.4 is 10.6 Å². The molecule has 1 aliphatic rings. The maximum atomic E-state index is 14.2. The zero-order chi connectivity index (χ0) is 14.7. The second kappa shape index (κ2) is 6.57. The highest BCUT2D eigenvalue weighted by Crippen LogP contribution is 2.34. The Morgan fingerprint density at radius 3 is 2.45 bits per heavy atom. The fourth-order valence-corrected chi connectivity index (χ4v) is 3.28. The Morgan fingerprint density at radius 2 is 1.90 bits per heavy atom. The molecule has 0 aliphatic heterocycles. The molecule has 1 fully saturated rings. The molecule has 1 unspecified atom stereocenters. The lowest BCUT2D eigenvalue weighted by molar-refractivity contribution is 0.527. The molecule has 2 rings (SSSR count). The average Bonchev–Trinajstić information content (AvgIpc) is 2.88. The van der Waals surface area contributed by atoms with Crippen LogP contribution in [0.3, 0.4) is 0 Å². The van der Waals surface area contributed by atoms with Crippen LogP contribution in [0.5, 0.6) is 0 Å². The van der Waals surface area contributed by atoms with E-state index in [9.17, 15) is 4.39 Å². The van der Waals surface area contributed by atoms with Gasteiger partial charge in [0.15, 0.2) is 0 Å². The monoisotopic (exact) mass is 278 g/mol. The molecule has 0 bridgehead atoms. The van der Waals surface area contributed by atoms with E-state index in [1.54, 1.807) is 6.07 Å². The first-order chi connectivity index (χ1) is 9.50. The van der Waals surface area contributed by atoms with Gasteiger partial charge in [-0.25, -0.2) is 4.39 Å². The minimum absolute atomic E-state index is 0.177. The zero-order valence-electron chi connectivity index (χ0n) is 12.9. The second-order valence-electron chi connectivity index (χ2n) is 6.45. The van der Waals surface area contributed by atoms with Gasteiger partial charge < -0.3 is 10.6 Å². The van der Waals surface area contributed by atoms with Gasteiger partial charge in [-0.3, -0.25) is 0 Å². The van der Waals surface area contributed by atoms with Crippen molar-refractivity contribution in [3.8, 4) is 0 Å². The van der Waals surface area contributed by atoms with Crippen molar-refractivity contribution in [2.24, 2.45) is 11.7 Å². The van der Waals surface area contributed by atoms with Gasteiger partial charge in [0.1, 0.15) is 5.82 Å². The fraction of sp³-hybridized carbons (Fsp3) is 0.647. The van der Waals surface area contributed by atoms with Crippen LogP contribution in [0.15, 0.2) is 18.2 Å². The van der Waals surface area contributed by atoms with E-state index in [2.05, 4.69) is 18.7 Å². The summed E-state index contributed by atoms with van der Waals surface area (Å²) in [5.41, 5.74) is 7.68. The van der Waals surface area contributed by atoms with Gasteiger partial charge in [-0.1, -0.05) is 32.8 Å². The largest absolute Gasteiger partial charge is 0.368 e. The Balaban J connectivity index is 2.39. The Kier molecular flexibility index (Phi) is 5.03. The first kappa shape index (κ1) is 15.3. The molecule has 0 spiro atoms. The Morgan fingerprint density at radius 1 is 1.25 bits per heavy atom.